The molecule has 0 fully saturated rings. The Morgan fingerprint density at radius 3 is 1.94 bits per heavy atom. The summed E-state index contributed by atoms with van der Waals surface area (Å²) >= 11 is 0. The topological polar surface area (TPSA) is 52.6 Å². The average molecular weight is 254 g/mol. The zero-order valence-electron chi connectivity index (χ0n) is 11.5. The molecule has 0 atom stereocenters. The van der Waals surface area contributed by atoms with Crippen LogP contribution in [0, 0.1) is 0 Å². The van der Waals surface area contributed by atoms with Crippen LogP contribution in [0.2, 0.25) is 0 Å². The number of hydrogen-bond donors (Lipinski definition) is 0. The van der Waals surface area contributed by atoms with E-state index in [4.69, 9.17) is 9.47 Å². The number of carbonyl (C=O) groups excluding carboxylic acids is 2. The first-order valence-electron chi connectivity index (χ1n) is 6.23. The van der Waals surface area contributed by atoms with Crippen molar-refractivity contribution in [1.29, 1.82) is 0 Å². The third-order valence-electron chi connectivity index (χ3n) is 2.21. The van der Waals surface area contributed by atoms with Crippen LogP contribution in [-0.2, 0) is 19.1 Å². The summed E-state index contributed by atoms with van der Waals surface area (Å²) < 4.78 is 9.73. The van der Waals surface area contributed by atoms with Crippen molar-refractivity contribution in [2.24, 2.45) is 0 Å². The zero-order valence-corrected chi connectivity index (χ0v) is 11.5. The monoisotopic (exact) mass is 254 g/mol. The van der Waals surface area contributed by atoms with Gasteiger partial charge in [-0.3, -0.25) is 9.59 Å². The SMILES string of the molecule is C=C(CC(=O)OCC)/C(=C/CC)CC(=O)OCC. The van der Waals surface area contributed by atoms with Gasteiger partial charge in [-0.1, -0.05) is 19.6 Å². The van der Waals surface area contributed by atoms with Gasteiger partial charge in [0, 0.05) is 0 Å². The first kappa shape index (κ1) is 16.4. The lowest BCUT2D eigenvalue weighted by Crippen LogP contribution is -2.09. The van der Waals surface area contributed by atoms with Crippen LogP contribution in [-0.4, -0.2) is 25.2 Å². The average Bonchev–Trinajstić information content (AvgIpc) is 2.29. The van der Waals surface area contributed by atoms with Crippen LogP contribution in [0.4, 0.5) is 0 Å². The zero-order chi connectivity index (χ0) is 14.0. The summed E-state index contributed by atoms with van der Waals surface area (Å²) in [4.78, 5) is 22.8. The lowest BCUT2D eigenvalue weighted by Gasteiger charge is -2.10. The third kappa shape index (κ3) is 6.89. The fourth-order valence-electron chi connectivity index (χ4n) is 1.46. The summed E-state index contributed by atoms with van der Waals surface area (Å²) in [5, 5.41) is 0. The number of rotatable bonds is 8. The van der Waals surface area contributed by atoms with Gasteiger partial charge in [-0.25, -0.2) is 0 Å². The van der Waals surface area contributed by atoms with Gasteiger partial charge in [0.25, 0.3) is 0 Å². The van der Waals surface area contributed by atoms with Crippen molar-refractivity contribution < 1.29 is 19.1 Å². The number of esters is 2. The molecular weight excluding hydrogens is 232 g/mol. The molecule has 0 heterocycles. The molecule has 4 nitrogen and oxygen atoms in total. The summed E-state index contributed by atoms with van der Waals surface area (Å²) in [7, 11) is 0. The van der Waals surface area contributed by atoms with E-state index in [0.29, 0.717) is 18.8 Å². The van der Waals surface area contributed by atoms with Crippen molar-refractivity contribution >= 4 is 11.9 Å². The van der Waals surface area contributed by atoms with E-state index in [-0.39, 0.29) is 24.8 Å². The molecule has 4 heteroatoms. The lowest BCUT2D eigenvalue weighted by atomic mass is 10.0. The first-order valence-corrected chi connectivity index (χ1v) is 6.23. The summed E-state index contributed by atoms with van der Waals surface area (Å²) in [5.74, 6) is -0.629. The fraction of sp³-hybridized carbons (Fsp3) is 0.571. The van der Waals surface area contributed by atoms with E-state index in [2.05, 4.69) is 6.58 Å². The van der Waals surface area contributed by atoms with Gasteiger partial charge in [-0.05, 0) is 31.4 Å². The molecule has 0 radical (unpaired) electrons. The van der Waals surface area contributed by atoms with Crippen molar-refractivity contribution in [2.45, 2.75) is 40.0 Å². The molecular formula is C14H22O4. The van der Waals surface area contributed by atoms with Gasteiger partial charge in [0.15, 0.2) is 0 Å². The Balaban J connectivity index is 4.51. The minimum absolute atomic E-state index is 0.110. The molecule has 0 aromatic rings. The Bertz CT molecular complexity index is 329. The molecule has 0 aliphatic rings. The Hall–Kier alpha value is -1.58. The molecule has 18 heavy (non-hydrogen) atoms. The van der Waals surface area contributed by atoms with Crippen molar-refractivity contribution in [3.63, 3.8) is 0 Å². The van der Waals surface area contributed by atoms with E-state index in [1.807, 2.05) is 13.0 Å². The van der Waals surface area contributed by atoms with Crippen LogP contribution in [0.5, 0.6) is 0 Å². The largest absolute Gasteiger partial charge is 0.466 e. The predicted octanol–water partition coefficient (Wildman–Crippen LogP) is 2.79. The van der Waals surface area contributed by atoms with Gasteiger partial charge in [-0.2, -0.15) is 0 Å². The molecule has 0 bridgehead atoms. The van der Waals surface area contributed by atoms with Crippen LogP contribution < -0.4 is 0 Å². The summed E-state index contributed by atoms with van der Waals surface area (Å²) in [6.45, 7) is 10.00. The van der Waals surface area contributed by atoms with E-state index in [1.54, 1.807) is 13.8 Å². The van der Waals surface area contributed by atoms with E-state index in [9.17, 15) is 9.59 Å². The standard InChI is InChI=1S/C14H22O4/c1-5-8-12(10-14(16)18-7-3)11(4)9-13(15)17-6-2/h8H,4-7,9-10H2,1-3H3/b12-8+. The highest BCUT2D eigenvalue weighted by molar-refractivity contribution is 5.77. The second-order valence-electron chi connectivity index (χ2n) is 3.70. The molecule has 0 amide bonds. The smallest absolute Gasteiger partial charge is 0.310 e. The molecule has 0 unspecified atom stereocenters. The van der Waals surface area contributed by atoms with E-state index < -0.39 is 0 Å². The Labute approximate surface area is 109 Å². The van der Waals surface area contributed by atoms with Crippen molar-refractivity contribution in [1.82, 2.24) is 0 Å². The molecule has 102 valence electrons. The highest BCUT2D eigenvalue weighted by Gasteiger charge is 2.13. The second kappa shape index (κ2) is 9.45. The van der Waals surface area contributed by atoms with E-state index in [0.717, 1.165) is 12.0 Å². The molecule has 0 saturated heterocycles. The highest BCUT2D eigenvalue weighted by atomic mass is 16.5. The lowest BCUT2D eigenvalue weighted by molar-refractivity contribution is -0.143. The number of carbonyl (C=O) groups is 2. The number of hydrogen-bond acceptors (Lipinski definition) is 4. The fourth-order valence-corrected chi connectivity index (χ4v) is 1.46. The van der Waals surface area contributed by atoms with E-state index in [1.165, 1.54) is 0 Å². The molecule has 0 rings (SSSR count). The Morgan fingerprint density at radius 2 is 1.50 bits per heavy atom. The summed E-state index contributed by atoms with van der Waals surface area (Å²) in [5.41, 5.74) is 1.37. The van der Waals surface area contributed by atoms with Crippen molar-refractivity contribution in [3.05, 3.63) is 23.8 Å². The molecule has 0 N–H and O–H groups in total. The molecule has 0 aromatic heterocycles. The minimum Gasteiger partial charge on any atom is -0.466 e. The second-order valence-corrected chi connectivity index (χ2v) is 3.70. The van der Waals surface area contributed by atoms with Crippen LogP contribution in [0.15, 0.2) is 23.8 Å². The summed E-state index contributed by atoms with van der Waals surface area (Å²) in [6, 6.07) is 0. The molecule has 0 spiro atoms. The van der Waals surface area contributed by atoms with Gasteiger partial charge in [0.1, 0.15) is 0 Å². The van der Waals surface area contributed by atoms with Gasteiger partial charge >= 0.3 is 11.9 Å². The highest BCUT2D eigenvalue weighted by Crippen LogP contribution is 2.18. The van der Waals surface area contributed by atoms with Gasteiger partial charge in [-0.15, -0.1) is 0 Å². The molecule has 0 saturated carbocycles. The van der Waals surface area contributed by atoms with Crippen LogP contribution >= 0.6 is 0 Å². The minimum atomic E-state index is -0.326. The van der Waals surface area contributed by atoms with Crippen LogP contribution in [0.25, 0.3) is 0 Å². The predicted molar refractivity (Wildman–Crippen MR) is 70.0 cm³/mol. The van der Waals surface area contributed by atoms with Gasteiger partial charge < -0.3 is 9.47 Å². The van der Waals surface area contributed by atoms with Gasteiger partial charge in [0.2, 0.25) is 0 Å². The molecule has 0 aliphatic carbocycles. The Kier molecular flexibility index (Phi) is 8.62. The van der Waals surface area contributed by atoms with E-state index >= 15 is 0 Å². The number of ether oxygens (including phenoxy) is 2. The quantitative estimate of drug-likeness (QED) is 0.493. The molecule has 0 aromatic carbocycles. The molecule has 0 aliphatic heterocycles. The normalized spacial score (nSPS) is 10.9. The van der Waals surface area contributed by atoms with Crippen LogP contribution in [0.3, 0.4) is 0 Å². The van der Waals surface area contributed by atoms with Crippen molar-refractivity contribution in [2.75, 3.05) is 13.2 Å². The summed E-state index contributed by atoms with van der Waals surface area (Å²) in [6.07, 6.45) is 2.92. The first-order chi connectivity index (χ1) is 8.54. The number of allylic oxidation sites excluding steroid dienone is 1. The maximum absolute atomic E-state index is 11.4. The maximum Gasteiger partial charge on any atom is 0.310 e. The Morgan fingerprint density at radius 1 is 1.00 bits per heavy atom. The van der Waals surface area contributed by atoms with Gasteiger partial charge in [0.05, 0.1) is 26.1 Å². The third-order valence-corrected chi connectivity index (χ3v) is 2.21. The maximum atomic E-state index is 11.4. The van der Waals surface area contributed by atoms with Crippen LogP contribution in [0.1, 0.15) is 40.0 Å². The van der Waals surface area contributed by atoms with Crippen molar-refractivity contribution in [3.8, 4) is 0 Å².